The maximum atomic E-state index is 12.6. The number of hydrogen-bond donors (Lipinski definition) is 1. The van der Waals surface area contributed by atoms with E-state index in [1.807, 2.05) is 0 Å². The summed E-state index contributed by atoms with van der Waals surface area (Å²) in [6.07, 6.45) is -6.48. The lowest BCUT2D eigenvalue weighted by atomic mass is 10.0. The van der Waals surface area contributed by atoms with Gasteiger partial charge in [0.05, 0.1) is 21.0 Å². The number of nitro groups is 1. The summed E-state index contributed by atoms with van der Waals surface area (Å²) in [4.78, 5) is 31.6. The number of ketones is 1. The summed E-state index contributed by atoms with van der Waals surface area (Å²) < 4.78 is 38.1. The van der Waals surface area contributed by atoms with Gasteiger partial charge in [0, 0.05) is 22.6 Å². The number of nitro benzene ring substituents is 1. The van der Waals surface area contributed by atoms with Gasteiger partial charge in [0.15, 0.2) is 17.3 Å². The van der Waals surface area contributed by atoms with Crippen LogP contribution in [0.3, 0.4) is 0 Å². The van der Waals surface area contributed by atoms with Gasteiger partial charge in [-0.25, -0.2) is 0 Å². The van der Waals surface area contributed by atoms with Crippen LogP contribution in [0.5, 0.6) is 17.2 Å². The second-order valence-electron chi connectivity index (χ2n) is 6.17. The number of carbonyl (C=O) groups is 1. The van der Waals surface area contributed by atoms with Gasteiger partial charge in [-0.05, 0) is 54.4 Å². The molecule has 0 radical (unpaired) electrons. The highest BCUT2D eigenvalue weighted by Crippen LogP contribution is 2.36. The van der Waals surface area contributed by atoms with Gasteiger partial charge in [0.1, 0.15) is 5.75 Å². The minimum absolute atomic E-state index is 0.131. The van der Waals surface area contributed by atoms with Crippen molar-refractivity contribution in [2.24, 2.45) is 0 Å². The summed E-state index contributed by atoms with van der Waals surface area (Å²) in [7, 11) is 0. The maximum absolute atomic E-state index is 12.6. The summed E-state index contributed by atoms with van der Waals surface area (Å²) in [5.41, 5.74) is -0.402. The highest BCUT2D eigenvalue weighted by atomic mass is 79.9. The number of Topliss-reactive ketones (excluding diaryl/α,β-unsaturated/α-hetero) is 1. The molecule has 2 aromatic carbocycles. The number of alkyl halides is 3. The standard InChI is InChI=1S/C18H15BrF3NO7/c1-9-7-13(19)16(8-14(9)23(26)27)29-30-28-15-4-3-11(10(2)24)17(25)12(15)5-6-18(20,21)22/h3-4,7-8,25H,5-6H2,1-2H3. The van der Waals surface area contributed by atoms with Gasteiger partial charge in [-0.2, -0.15) is 13.2 Å². The van der Waals surface area contributed by atoms with Crippen LogP contribution in [-0.4, -0.2) is 22.0 Å². The summed E-state index contributed by atoms with van der Waals surface area (Å²) in [6, 6.07) is 4.75. The molecule has 0 bridgehead atoms. The lowest BCUT2D eigenvalue weighted by Gasteiger charge is -2.14. The van der Waals surface area contributed by atoms with Crippen LogP contribution in [0.15, 0.2) is 28.7 Å². The first-order valence-corrected chi connectivity index (χ1v) is 9.08. The lowest BCUT2D eigenvalue weighted by molar-refractivity contribution is -0.412. The van der Waals surface area contributed by atoms with Gasteiger partial charge < -0.3 is 5.11 Å². The second-order valence-corrected chi connectivity index (χ2v) is 7.03. The van der Waals surface area contributed by atoms with Gasteiger partial charge in [-0.1, -0.05) is 0 Å². The fourth-order valence-electron chi connectivity index (χ4n) is 2.48. The molecule has 2 aromatic rings. The van der Waals surface area contributed by atoms with Crippen LogP contribution in [0.1, 0.15) is 34.8 Å². The van der Waals surface area contributed by atoms with Crippen molar-refractivity contribution in [1.29, 1.82) is 0 Å². The Morgan fingerprint density at radius 3 is 2.43 bits per heavy atom. The zero-order chi connectivity index (χ0) is 22.6. The van der Waals surface area contributed by atoms with Crippen LogP contribution < -0.4 is 9.78 Å². The Morgan fingerprint density at radius 2 is 1.87 bits per heavy atom. The van der Waals surface area contributed by atoms with Crippen LogP contribution in [-0.2, 0) is 11.5 Å². The predicted molar refractivity (Wildman–Crippen MR) is 100 cm³/mol. The number of carbonyl (C=O) groups excluding carboxylic acids is 1. The summed E-state index contributed by atoms with van der Waals surface area (Å²) in [5, 5.41) is 25.8. The van der Waals surface area contributed by atoms with E-state index in [0.29, 0.717) is 10.0 Å². The molecule has 162 valence electrons. The highest BCUT2D eigenvalue weighted by molar-refractivity contribution is 9.10. The van der Waals surface area contributed by atoms with Crippen LogP contribution in [0, 0.1) is 17.0 Å². The van der Waals surface area contributed by atoms with E-state index in [-0.39, 0.29) is 28.3 Å². The number of rotatable bonds is 8. The van der Waals surface area contributed by atoms with Crippen molar-refractivity contribution in [2.75, 3.05) is 0 Å². The van der Waals surface area contributed by atoms with Crippen LogP contribution in [0.4, 0.5) is 18.9 Å². The number of phenols is 1. The molecule has 0 aliphatic rings. The topological polar surface area (TPSA) is 108 Å². The molecule has 0 unspecified atom stereocenters. The number of aryl methyl sites for hydroxylation is 1. The number of nitrogens with zero attached hydrogens (tertiary/aromatic N) is 1. The SMILES string of the molecule is CC(=O)c1ccc(OOOc2cc([N+](=O)[O-])c(C)cc2Br)c(CCC(F)(F)F)c1O. The van der Waals surface area contributed by atoms with Crippen molar-refractivity contribution in [3.63, 3.8) is 0 Å². The smallest absolute Gasteiger partial charge is 0.389 e. The molecule has 0 saturated heterocycles. The fraction of sp³-hybridized carbons (Fsp3) is 0.278. The van der Waals surface area contributed by atoms with E-state index >= 15 is 0 Å². The third kappa shape index (κ3) is 5.83. The monoisotopic (exact) mass is 493 g/mol. The normalized spacial score (nSPS) is 11.3. The zero-order valence-corrected chi connectivity index (χ0v) is 17.2. The van der Waals surface area contributed by atoms with Gasteiger partial charge in [-0.15, -0.1) is 0 Å². The first kappa shape index (κ1) is 23.4. The summed E-state index contributed by atoms with van der Waals surface area (Å²) >= 11 is 3.13. The Balaban J connectivity index is 2.24. The van der Waals surface area contributed by atoms with Crippen LogP contribution in [0.2, 0.25) is 0 Å². The Kier molecular flexibility index (Phi) is 7.26. The number of phenolic OH excluding ortho intramolecular Hbond substituents is 1. The van der Waals surface area contributed by atoms with Crippen molar-refractivity contribution in [1.82, 2.24) is 0 Å². The molecule has 2 rings (SSSR count). The summed E-state index contributed by atoms with van der Waals surface area (Å²) in [6.45, 7) is 2.65. The molecule has 0 atom stereocenters. The van der Waals surface area contributed by atoms with Gasteiger partial charge >= 0.3 is 6.18 Å². The molecule has 1 N–H and O–H groups in total. The third-order valence-corrected chi connectivity index (χ3v) is 4.59. The average molecular weight is 494 g/mol. The van der Waals surface area contributed by atoms with Gasteiger partial charge in [0.25, 0.3) is 5.69 Å². The Morgan fingerprint density at radius 1 is 1.23 bits per heavy atom. The van der Waals surface area contributed by atoms with Crippen LogP contribution in [0.25, 0.3) is 0 Å². The quantitative estimate of drug-likeness (QED) is 0.227. The van der Waals surface area contributed by atoms with Crippen LogP contribution >= 0.6 is 15.9 Å². The largest absolute Gasteiger partial charge is 0.507 e. The maximum Gasteiger partial charge on any atom is 0.389 e. The molecule has 12 heteroatoms. The molecule has 30 heavy (non-hydrogen) atoms. The molecule has 0 fully saturated rings. The molecule has 0 saturated carbocycles. The molecule has 0 spiro atoms. The predicted octanol–water partition coefficient (Wildman–Crippen LogP) is 5.37. The molecule has 0 aromatic heterocycles. The van der Waals surface area contributed by atoms with Crippen molar-refractivity contribution in [3.8, 4) is 17.2 Å². The molecule has 0 aliphatic carbocycles. The van der Waals surface area contributed by atoms with Gasteiger partial charge in [0.2, 0.25) is 0 Å². The van der Waals surface area contributed by atoms with E-state index in [9.17, 15) is 33.2 Å². The highest BCUT2D eigenvalue weighted by Gasteiger charge is 2.29. The van der Waals surface area contributed by atoms with E-state index in [2.05, 4.69) is 21.0 Å². The van der Waals surface area contributed by atoms with Crippen molar-refractivity contribution in [3.05, 3.63) is 55.5 Å². The Labute approximate surface area is 176 Å². The lowest BCUT2D eigenvalue weighted by Crippen LogP contribution is -2.11. The molecular formula is C18H15BrF3NO7. The van der Waals surface area contributed by atoms with E-state index in [1.165, 1.54) is 13.0 Å². The van der Waals surface area contributed by atoms with Gasteiger partial charge in [-0.3, -0.25) is 24.7 Å². The molecule has 0 amide bonds. The third-order valence-electron chi connectivity index (χ3n) is 3.97. The van der Waals surface area contributed by atoms with E-state index in [4.69, 9.17) is 9.78 Å². The van der Waals surface area contributed by atoms with E-state index in [1.54, 1.807) is 0 Å². The number of halogens is 4. The second kappa shape index (κ2) is 9.30. The number of benzene rings is 2. The minimum Gasteiger partial charge on any atom is -0.507 e. The molecule has 0 heterocycles. The molecule has 0 aliphatic heterocycles. The van der Waals surface area contributed by atoms with Crippen molar-refractivity contribution < 1.29 is 42.8 Å². The Hall–Kier alpha value is -2.86. The van der Waals surface area contributed by atoms with Crippen molar-refractivity contribution >= 4 is 27.4 Å². The van der Waals surface area contributed by atoms with E-state index < -0.39 is 35.5 Å². The number of hydrogen-bond acceptors (Lipinski definition) is 7. The first-order chi connectivity index (χ1) is 13.9. The van der Waals surface area contributed by atoms with E-state index in [0.717, 1.165) is 25.1 Å². The minimum atomic E-state index is -4.51. The Bertz CT molecular complexity index is 979. The summed E-state index contributed by atoms with van der Waals surface area (Å²) in [5.74, 6) is -1.67. The van der Waals surface area contributed by atoms with Crippen molar-refractivity contribution in [2.45, 2.75) is 32.9 Å². The molecular weight excluding hydrogens is 479 g/mol. The fourth-order valence-corrected chi connectivity index (χ4v) is 3.01. The first-order valence-electron chi connectivity index (χ1n) is 8.29. The number of aromatic hydroxyl groups is 1. The average Bonchev–Trinajstić information content (AvgIpc) is 2.61. The zero-order valence-electron chi connectivity index (χ0n) is 15.6. The molecule has 8 nitrogen and oxygen atoms in total.